The van der Waals surface area contributed by atoms with E-state index in [-0.39, 0.29) is 11.3 Å². The van der Waals surface area contributed by atoms with Crippen LogP contribution >= 0.6 is 15.9 Å². The fourth-order valence-corrected chi connectivity index (χ4v) is 1.75. The number of halogens is 1. The largest absolute Gasteiger partial charge is 0.493 e. The van der Waals surface area contributed by atoms with Gasteiger partial charge in [0, 0.05) is 9.89 Å². The number of amidine groups is 1. The molecular weight excluding hydrogens is 296 g/mol. The molecule has 0 unspecified atom stereocenters. The molecule has 0 aliphatic rings. The van der Waals surface area contributed by atoms with E-state index in [1.807, 2.05) is 39.0 Å². The molecule has 0 atom stereocenters. The number of hydrogen-bond donors (Lipinski definition) is 2. The van der Waals surface area contributed by atoms with Crippen LogP contribution in [0.15, 0.2) is 27.8 Å². The molecule has 100 valence electrons. The van der Waals surface area contributed by atoms with E-state index in [0.29, 0.717) is 13.0 Å². The lowest BCUT2D eigenvalue weighted by Crippen LogP contribution is -2.33. The molecule has 0 amide bonds. The van der Waals surface area contributed by atoms with Crippen LogP contribution in [0.1, 0.15) is 25.8 Å². The van der Waals surface area contributed by atoms with E-state index in [1.165, 1.54) is 0 Å². The summed E-state index contributed by atoms with van der Waals surface area (Å²) < 4.78 is 6.71. The Balaban J connectivity index is 2.59. The van der Waals surface area contributed by atoms with E-state index in [9.17, 15) is 0 Å². The minimum absolute atomic E-state index is 0.220. The minimum atomic E-state index is -0.380. The topological polar surface area (TPSA) is 67.8 Å². The van der Waals surface area contributed by atoms with Crippen molar-refractivity contribution in [2.45, 2.75) is 27.2 Å². The maximum Gasteiger partial charge on any atom is 0.144 e. The third kappa shape index (κ3) is 3.91. The molecular formula is C13H19BrN2O2. The Morgan fingerprint density at radius 2 is 2.17 bits per heavy atom. The fraction of sp³-hybridized carbons (Fsp3) is 0.462. The number of oxime groups is 1. The van der Waals surface area contributed by atoms with Gasteiger partial charge < -0.3 is 15.7 Å². The van der Waals surface area contributed by atoms with E-state index in [1.54, 1.807) is 0 Å². The molecule has 0 radical (unpaired) electrons. The predicted molar refractivity (Wildman–Crippen MR) is 76.2 cm³/mol. The summed E-state index contributed by atoms with van der Waals surface area (Å²) in [4.78, 5) is 0. The molecule has 1 aromatic carbocycles. The number of benzene rings is 1. The van der Waals surface area contributed by atoms with Crippen LogP contribution in [0.3, 0.4) is 0 Å². The summed E-state index contributed by atoms with van der Waals surface area (Å²) in [6.07, 6.45) is 0.675. The van der Waals surface area contributed by atoms with Crippen LogP contribution < -0.4 is 10.5 Å². The van der Waals surface area contributed by atoms with Gasteiger partial charge in [0.25, 0.3) is 0 Å². The Kier molecular flexibility index (Phi) is 5.02. The SMILES string of the molecule is Cc1ccc(Br)cc1OCCC(C)(C)/C(N)=N/O. The quantitative estimate of drug-likeness (QED) is 0.379. The first-order chi connectivity index (χ1) is 8.36. The van der Waals surface area contributed by atoms with Crippen molar-refractivity contribution >= 4 is 21.8 Å². The van der Waals surface area contributed by atoms with Crippen molar-refractivity contribution in [1.29, 1.82) is 0 Å². The lowest BCUT2D eigenvalue weighted by molar-refractivity contribution is 0.258. The molecule has 5 heteroatoms. The fourth-order valence-electron chi connectivity index (χ4n) is 1.41. The Morgan fingerprint density at radius 3 is 2.78 bits per heavy atom. The number of nitrogens with two attached hydrogens (primary N) is 1. The maximum absolute atomic E-state index is 8.68. The molecule has 4 nitrogen and oxygen atoms in total. The first kappa shape index (κ1) is 14.8. The van der Waals surface area contributed by atoms with E-state index in [4.69, 9.17) is 15.7 Å². The van der Waals surface area contributed by atoms with Gasteiger partial charge in [-0.3, -0.25) is 0 Å². The van der Waals surface area contributed by atoms with E-state index in [2.05, 4.69) is 21.1 Å². The zero-order valence-electron chi connectivity index (χ0n) is 10.9. The summed E-state index contributed by atoms with van der Waals surface area (Å²) in [5.74, 6) is 1.07. The minimum Gasteiger partial charge on any atom is -0.493 e. The lowest BCUT2D eigenvalue weighted by atomic mass is 9.88. The van der Waals surface area contributed by atoms with Gasteiger partial charge in [0.15, 0.2) is 0 Å². The summed E-state index contributed by atoms with van der Waals surface area (Å²) in [5.41, 5.74) is 6.32. The second-order valence-corrected chi connectivity index (χ2v) is 5.79. The molecule has 0 saturated heterocycles. The average Bonchev–Trinajstić information content (AvgIpc) is 2.32. The molecule has 3 N–H and O–H groups in total. The first-order valence-electron chi connectivity index (χ1n) is 5.74. The summed E-state index contributed by atoms with van der Waals surface area (Å²) in [6.45, 7) is 6.34. The predicted octanol–water partition coefficient (Wildman–Crippen LogP) is 3.30. The van der Waals surface area contributed by atoms with Gasteiger partial charge in [-0.15, -0.1) is 0 Å². The summed E-state index contributed by atoms with van der Waals surface area (Å²) in [5, 5.41) is 11.7. The van der Waals surface area contributed by atoms with Crippen LogP contribution in [0.25, 0.3) is 0 Å². The van der Waals surface area contributed by atoms with Crippen molar-refractivity contribution in [1.82, 2.24) is 0 Å². The second-order valence-electron chi connectivity index (χ2n) is 4.88. The van der Waals surface area contributed by atoms with Gasteiger partial charge in [-0.25, -0.2) is 0 Å². The summed E-state index contributed by atoms with van der Waals surface area (Å²) in [7, 11) is 0. The number of rotatable bonds is 5. The van der Waals surface area contributed by atoms with E-state index < -0.39 is 0 Å². The molecule has 0 spiro atoms. The van der Waals surface area contributed by atoms with E-state index >= 15 is 0 Å². The molecule has 1 rings (SSSR count). The highest BCUT2D eigenvalue weighted by atomic mass is 79.9. The van der Waals surface area contributed by atoms with Crippen molar-refractivity contribution in [2.75, 3.05) is 6.61 Å². The van der Waals surface area contributed by atoms with Crippen molar-refractivity contribution in [3.63, 3.8) is 0 Å². The van der Waals surface area contributed by atoms with Gasteiger partial charge >= 0.3 is 0 Å². The highest BCUT2D eigenvalue weighted by Gasteiger charge is 2.23. The zero-order chi connectivity index (χ0) is 13.8. The smallest absolute Gasteiger partial charge is 0.144 e. The monoisotopic (exact) mass is 314 g/mol. The van der Waals surface area contributed by atoms with Gasteiger partial charge in [0.2, 0.25) is 0 Å². The number of aryl methyl sites for hydroxylation is 1. The molecule has 1 aromatic rings. The van der Waals surface area contributed by atoms with Crippen molar-refractivity contribution < 1.29 is 9.94 Å². The van der Waals surface area contributed by atoms with Crippen LogP contribution in [0.2, 0.25) is 0 Å². The van der Waals surface area contributed by atoms with Gasteiger partial charge in [0.1, 0.15) is 11.6 Å². The van der Waals surface area contributed by atoms with Gasteiger partial charge in [-0.2, -0.15) is 0 Å². The first-order valence-corrected chi connectivity index (χ1v) is 6.53. The zero-order valence-corrected chi connectivity index (χ0v) is 12.5. The third-order valence-electron chi connectivity index (χ3n) is 2.94. The molecule has 0 saturated carbocycles. The highest BCUT2D eigenvalue weighted by Crippen LogP contribution is 2.25. The van der Waals surface area contributed by atoms with Crippen molar-refractivity contribution in [3.8, 4) is 5.75 Å². The third-order valence-corrected chi connectivity index (χ3v) is 3.43. The van der Waals surface area contributed by atoms with Crippen molar-refractivity contribution in [3.05, 3.63) is 28.2 Å². The number of nitrogens with zero attached hydrogens (tertiary/aromatic N) is 1. The Labute approximate surface area is 116 Å². The average molecular weight is 315 g/mol. The Hall–Kier alpha value is -1.23. The standard InChI is InChI=1S/C13H19BrN2O2/c1-9-4-5-10(14)8-11(9)18-7-6-13(2,3)12(15)16-17/h4-5,8,17H,6-7H2,1-3H3,(H2,15,16). The Morgan fingerprint density at radius 1 is 1.50 bits per heavy atom. The summed E-state index contributed by atoms with van der Waals surface area (Å²) in [6, 6.07) is 5.91. The highest BCUT2D eigenvalue weighted by molar-refractivity contribution is 9.10. The van der Waals surface area contributed by atoms with Crippen LogP contribution in [0.4, 0.5) is 0 Å². The van der Waals surface area contributed by atoms with Crippen molar-refractivity contribution in [2.24, 2.45) is 16.3 Å². The van der Waals surface area contributed by atoms with Gasteiger partial charge in [-0.1, -0.05) is 41.0 Å². The van der Waals surface area contributed by atoms with Crippen LogP contribution in [-0.2, 0) is 0 Å². The van der Waals surface area contributed by atoms with Crippen LogP contribution in [0, 0.1) is 12.3 Å². The lowest BCUT2D eigenvalue weighted by Gasteiger charge is -2.22. The molecule has 0 bridgehead atoms. The normalized spacial score (nSPS) is 12.6. The van der Waals surface area contributed by atoms with Gasteiger partial charge in [-0.05, 0) is 31.0 Å². The molecule has 0 fully saturated rings. The number of ether oxygens (including phenoxy) is 1. The Bertz CT molecular complexity index is 445. The second kappa shape index (κ2) is 6.09. The maximum atomic E-state index is 8.68. The van der Waals surface area contributed by atoms with Crippen LogP contribution in [0.5, 0.6) is 5.75 Å². The molecule has 0 aliphatic carbocycles. The molecule has 18 heavy (non-hydrogen) atoms. The van der Waals surface area contributed by atoms with E-state index in [0.717, 1.165) is 15.8 Å². The molecule has 0 aromatic heterocycles. The van der Waals surface area contributed by atoms with Crippen LogP contribution in [-0.4, -0.2) is 17.6 Å². The molecule has 0 heterocycles. The number of hydrogen-bond acceptors (Lipinski definition) is 3. The molecule has 0 aliphatic heterocycles. The van der Waals surface area contributed by atoms with Gasteiger partial charge in [0.05, 0.1) is 6.61 Å². The summed E-state index contributed by atoms with van der Waals surface area (Å²) >= 11 is 3.41.